The summed E-state index contributed by atoms with van der Waals surface area (Å²) in [4.78, 5) is 10.9. The number of nitrogens with two attached hydrogens (primary N) is 1. The fourth-order valence-electron chi connectivity index (χ4n) is 1.56. The quantitative estimate of drug-likeness (QED) is 0.771. The van der Waals surface area contributed by atoms with Crippen molar-refractivity contribution in [3.05, 3.63) is 23.5 Å². The molecule has 1 aromatic rings. The highest BCUT2D eigenvalue weighted by molar-refractivity contribution is 5.76. The Morgan fingerprint density at radius 3 is 2.69 bits per heavy atom. The SMILES string of the molecule is CCC(C(=O)O)c1cc(OC)c(N)cc1F. The van der Waals surface area contributed by atoms with E-state index >= 15 is 0 Å². The van der Waals surface area contributed by atoms with Crippen molar-refractivity contribution in [2.45, 2.75) is 19.3 Å². The normalized spacial score (nSPS) is 12.2. The van der Waals surface area contributed by atoms with Crippen molar-refractivity contribution in [3.8, 4) is 5.75 Å². The van der Waals surface area contributed by atoms with Crippen LogP contribution in [-0.4, -0.2) is 18.2 Å². The van der Waals surface area contributed by atoms with E-state index in [1.165, 1.54) is 13.2 Å². The average Bonchev–Trinajstić information content (AvgIpc) is 2.21. The lowest BCUT2D eigenvalue weighted by Gasteiger charge is -2.14. The average molecular weight is 227 g/mol. The van der Waals surface area contributed by atoms with Crippen LogP contribution < -0.4 is 10.5 Å². The molecule has 88 valence electrons. The van der Waals surface area contributed by atoms with E-state index in [0.29, 0.717) is 6.42 Å². The molecule has 0 bridgehead atoms. The molecule has 1 unspecified atom stereocenters. The van der Waals surface area contributed by atoms with Gasteiger partial charge in [0.25, 0.3) is 0 Å². The lowest BCUT2D eigenvalue weighted by molar-refractivity contribution is -0.138. The van der Waals surface area contributed by atoms with E-state index in [4.69, 9.17) is 15.6 Å². The molecule has 1 atom stereocenters. The fourth-order valence-corrected chi connectivity index (χ4v) is 1.56. The number of nitrogen functional groups attached to an aromatic ring is 1. The van der Waals surface area contributed by atoms with Crippen molar-refractivity contribution in [1.29, 1.82) is 0 Å². The Balaban J connectivity index is 3.26. The van der Waals surface area contributed by atoms with Gasteiger partial charge in [-0.05, 0) is 12.5 Å². The van der Waals surface area contributed by atoms with Gasteiger partial charge in [-0.3, -0.25) is 4.79 Å². The standard InChI is InChI=1S/C11H14FNO3/c1-3-6(11(14)15)7-4-10(16-2)9(13)5-8(7)12/h4-6H,3,13H2,1-2H3,(H,14,15). The minimum atomic E-state index is -1.06. The van der Waals surface area contributed by atoms with Crippen LogP contribution in [0.4, 0.5) is 10.1 Å². The number of aliphatic carboxylic acids is 1. The summed E-state index contributed by atoms with van der Waals surface area (Å²) < 4.78 is 18.5. The van der Waals surface area contributed by atoms with Gasteiger partial charge in [-0.15, -0.1) is 0 Å². The van der Waals surface area contributed by atoms with Crippen molar-refractivity contribution >= 4 is 11.7 Å². The Morgan fingerprint density at radius 1 is 1.62 bits per heavy atom. The van der Waals surface area contributed by atoms with E-state index in [1.807, 2.05) is 0 Å². The Morgan fingerprint density at radius 2 is 2.25 bits per heavy atom. The minimum absolute atomic E-state index is 0.0982. The summed E-state index contributed by atoms with van der Waals surface area (Å²) >= 11 is 0. The summed E-state index contributed by atoms with van der Waals surface area (Å²) in [6.45, 7) is 1.68. The number of hydrogen-bond acceptors (Lipinski definition) is 3. The Hall–Kier alpha value is -1.78. The minimum Gasteiger partial charge on any atom is -0.495 e. The molecule has 0 aromatic heterocycles. The first-order chi connectivity index (χ1) is 7.51. The van der Waals surface area contributed by atoms with Crippen LogP contribution >= 0.6 is 0 Å². The highest BCUT2D eigenvalue weighted by atomic mass is 19.1. The molecule has 0 radical (unpaired) electrons. The first-order valence-electron chi connectivity index (χ1n) is 4.87. The number of benzene rings is 1. The molecule has 1 aromatic carbocycles. The molecule has 5 heteroatoms. The van der Waals surface area contributed by atoms with Crippen LogP contribution in [0.5, 0.6) is 5.75 Å². The molecule has 0 heterocycles. The van der Waals surface area contributed by atoms with Crippen molar-refractivity contribution < 1.29 is 19.0 Å². The number of halogens is 1. The van der Waals surface area contributed by atoms with Crippen molar-refractivity contribution in [3.63, 3.8) is 0 Å². The number of carboxylic acids is 1. The van der Waals surface area contributed by atoms with Gasteiger partial charge in [-0.2, -0.15) is 0 Å². The monoisotopic (exact) mass is 227 g/mol. The maximum atomic E-state index is 13.6. The highest BCUT2D eigenvalue weighted by Gasteiger charge is 2.22. The second kappa shape index (κ2) is 4.83. The van der Waals surface area contributed by atoms with Crippen LogP contribution in [0.1, 0.15) is 24.8 Å². The molecule has 16 heavy (non-hydrogen) atoms. The topological polar surface area (TPSA) is 72.5 Å². The van der Waals surface area contributed by atoms with Gasteiger partial charge in [0.05, 0.1) is 18.7 Å². The second-order valence-corrected chi connectivity index (χ2v) is 3.41. The molecule has 0 fully saturated rings. The molecular formula is C11H14FNO3. The highest BCUT2D eigenvalue weighted by Crippen LogP contribution is 2.31. The number of carbonyl (C=O) groups is 1. The number of ether oxygens (including phenoxy) is 1. The van der Waals surface area contributed by atoms with Gasteiger partial charge in [0.15, 0.2) is 0 Å². The molecule has 0 spiro atoms. The first kappa shape index (κ1) is 12.3. The lowest BCUT2D eigenvalue weighted by Crippen LogP contribution is -2.13. The van der Waals surface area contributed by atoms with Crippen molar-refractivity contribution in [1.82, 2.24) is 0 Å². The zero-order valence-corrected chi connectivity index (χ0v) is 9.16. The number of anilines is 1. The van der Waals surface area contributed by atoms with Gasteiger partial charge >= 0.3 is 5.97 Å². The van der Waals surface area contributed by atoms with Crippen LogP contribution in [-0.2, 0) is 4.79 Å². The van der Waals surface area contributed by atoms with E-state index in [1.54, 1.807) is 6.92 Å². The third-order valence-corrected chi connectivity index (χ3v) is 2.43. The smallest absolute Gasteiger partial charge is 0.311 e. The van der Waals surface area contributed by atoms with Gasteiger partial charge < -0.3 is 15.6 Å². The third-order valence-electron chi connectivity index (χ3n) is 2.43. The van der Waals surface area contributed by atoms with Gasteiger partial charge in [0, 0.05) is 11.6 Å². The summed E-state index contributed by atoms with van der Waals surface area (Å²) in [5.41, 5.74) is 5.76. The van der Waals surface area contributed by atoms with E-state index in [-0.39, 0.29) is 17.0 Å². The molecule has 1 rings (SSSR count). The summed E-state index contributed by atoms with van der Waals surface area (Å²) in [5.74, 6) is -2.27. The predicted octanol–water partition coefficient (Wildman–Crippen LogP) is 1.99. The Bertz CT molecular complexity index is 406. The molecule has 4 nitrogen and oxygen atoms in total. The largest absolute Gasteiger partial charge is 0.495 e. The second-order valence-electron chi connectivity index (χ2n) is 3.41. The molecule has 3 N–H and O–H groups in total. The van der Waals surface area contributed by atoms with Crippen LogP contribution in [0.15, 0.2) is 12.1 Å². The molecule has 0 saturated heterocycles. The number of hydrogen-bond donors (Lipinski definition) is 2. The molecule has 0 aliphatic rings. The number of rotatable bonds is 4. The summed E-state index contributed by atoms with van der Waals surface area (Å²) in [6, 6.07) is 2.42. The third kappa shape index (κ3) is 2.24. The van der Waals surface area contributed by atoms with Crippen LogP contribution in [0, 0.1) is 5.82 Å². The first-order valence-corrected chi connectivity index (χ1v) is 4.87. The Kier molecular flexibility index (Phi) is 3.71. The zero-order chi connectivity index (χ0) is 12.3. The lowest BCUT2D eigenvalue weighted by atomic mass is 9.95. The maximum Gasteiger partial charge on any atom is 0.311 e. The predicted molar refractivity (Wildman–Crippen MR) is 58.0 cm³/mol. The van der Waals surface area contributed by atoms with Gasteiger partial charge in [-0.1, -0.05) is 6.92 Å². The molecule has 0 aliphatic carbocycles. The van der Waals surface area contributed by atoms with Crippen LogP contribution in [0.2, 0.25) is 0 Å². The maximum absolute atomic E-state index is 13.6. The number of methoxy groups -OCH3 is 1. The van der Waals surface area contributed by atoms with Crippen LogP contribution in [0.3, 0.4) is 0 Å². The molecule has 0 saturated carbocycles. The van der Waals surface area contributed by atoms with Crippen LogP contribution in [0.25, 0.3) is 0 Å². The van der Waals surface area contributed by atoms with Gasteiger partial charge in [0.1, 0.15) is 11.6 Å². The van der Waals surface area contributed by atoms with Gasteiger partial charge in [0.2, 0.25) is 0 Å². The van der Waals surface area contributed by atoms with E-state index in [0.717, 1.165) is 6.07 Å². The molecule has 0 amide bonds. The van der Waals surface area contributed by atoms with Gasteiger partial charge in [-0.25, -0.2) is 4.39 Å². The Labute approximate surface area is 92.8 Å². The number of carboxylic acid groups (broad SMARTS) is 1. The summed E-state index contributed by atoms with van der Waals surface area (Å²) in [7, 11) is 1.40. The van der Waals surface area contributed by atoms with Crippen molar-refractivity contribution in [2.24, 2.45) is 0 Å². The molecule has 0 aliphatic heterocycles. The summed E-state index contributed by atoms with van der Waals surface area (Å²) in [5, 5.41) is 8.95. The zero-order valence-electron chi connectivity index (χ0n) is 9.16. The summed E-state index contributed by atoms with van der Waals surface area (Å²) in [6.07, 6.45) is 0.305. The van der Waals surface area contributed by atoms with E-state index in [9.17, 15) is 9.18 Å². The molecular weight excluding hydrogens is 213 g/mol. The van der Waals surface area contributed by atoms with Crippen molar-refractivity contribution in [2.75, 3.05) is 12.8 Å². The fraction of sp³-hybridized carbons (Fsp3) is 0.364. The van der Waals surface area contributed by atoms with E-state index in [2.05, 4.69) is 0 Å². The van der Waals surface area contributed by atoms with E-state index < -0.39 is 17.7 Å².